The van der Waals surface area contributed by atoms with Gasteiger partial charge in [-0.2, -0.15) is 10.2 Å². The summed E-state index contributed by atoms with van der Waals surface area (Å²) in [6.45, 7) is 6.75. The Balaban J connectivity index is 0.923. The van der Waals surface area contributed by atoms with Gasteiger partial charge in [-0.25, -0.2) is 23.7 Å². The van der Waals surface area contributed by atoms with E-state index in [2.05, 4.69) is 61.2 Å². The summed E-state index contributed by atoms with van der Waals surface area (Å²) in [6.07, 6.45) is 6.27. The van der Waals surface area contributed by atoms with Gasteiger partial charge < -0.3 is 24.0 Å². The van der Waals surface area contributed by atoms with Crippen LogP contribution >= 0.6 is 0 Å². The summed E-state index contributed by atoms with van der Waals surface area (Å²) in [6, 6.07) is 22.1. The fourth-order valence-corrected chi connectivity index (χ4v) is 6.20. The Labute approximate surface area is 272 Å². The Morgan fingerprint density at radius 1 is 0.936 bits per heavy atom. The van der Waals surface area contributed by atoms with Gasteiger partial charge in [0, 0.05) is 57.2 Å². The first kappa shape index (κ1) is 30.6. The van der Waals surface area contributed by atoms with Crippen molar-refractivity contribution in [3.8, 4) is 11.4 Å². The third kappa shape index (κ3) is 6.49. The molecule has 0 N–H and O–H groups in total. The van der Waals surface area contributed by atoms with Gasteiger partial charge in [0.25, 0.3) is 0 Å². The Morgan fingerprint density at radius 2 is 1.64 bits per heavy atom. The maximum Gasteiger partial charge on any atom is 0.350 e. The quantitative estimate of drug-likeness (QED) is 0.214. The van der Waals surface area contributed by atoms with Crippen LogP contribution in [-0.4, -0.2) is 79.6 Å². The van der Waals surface area contributed by atoms with Gasteiger partial charge in [-0.1, -0.05) is 13.0 Å². The number of piperazine rings is 1. The van der Waals surface area contributed by atoms with E-state index in [0.717, 1.165) is 67.7 Å². The van der Waals surface area contributed by atoms with Crippen molar-refractivity contribution in [3.05, 3.63) is 108 Å². The molecule has 2 unspecified atom stereocenters. The zero-order valence-electron chi connectivity index (χ0n) is 26.7. The summed E-state index contributed by atoms with van der Waals surface area (Å²) in [4.78, 5) is 26.0. The Morgan fingerprint density at radius 3 is 2.28 bits per heavy atom. The van der Waals surface area contributed by atoms with Gasteiger partial charge in [-0.3, -0.25) is 4.98 Å². The van der Waals surface area contributed by atoms with Gasteiger partial charge in [0.2, 0.25) is 5.79 Å². The highest BCUT2D eigenvalue weighted by Crippen LogP contribution is 2.35. The van der Waals surface area contributed by atoms with Gasteiger partial charge in [0.05, 0.1) is 12.3 Å². The standard InChI is InChI=1S/C34H39N9O4/c1-3-6-32-38-39(2)33(44)43(32)28-10-8-26(9-11-28)40-17-19-41(20-18-40)27-12-14-29(15-13-27)45-21-30-22-46-34(47-30,23-42-25-35-24-37-42)31-7-4-5-16-36-31/h4-5,7-16,24-25,30H,3,6,17-23H2,1-2H3. The van der Waals surface area contributed by atoms with Crippen LogP contribution in [0.3, 0.4) is 0 Å². The number of aryl methyl sites for hydroxylation is 2. The lowest BCUT2D eigenvalue weighted by Crippen LogP contribution is -2.46. The van der Waals surface area contributed by atoms with Crippen molar-refractivity contribution in [2.45, 2.75) is 38.2 Å². The minimum atomic E-state index is -1.06. The van der Waals surface area contributed by atoms with E-state index in [1.165, 1.54) is 11.0 Å². The molecule has 0 aliphatic carbocycles. The number of rotatable bonds is 11. The second kappa shape index (κ2) is 13.4. The highest BCUT2D eigenvalue weighted by Gasteiger charge is 2.45. The number of ether oxygens (including phenoxy) is 3. The average molecular weight is 638 g/mol. The van der Waals surface area contributed by atoms with Crippen molar-refractivity contribution >= 4 is 11.4 Å². The van der Waals surface area contributed by atoms with Crippen LogP contribution in [0.1, 0.15) is 24.9 Å². The number of benzene rings is 2. The minimum Gasteiger partial charge on any atom is -0.491 e. The van der Waals surface area contributed by atoms with E-state index < -0.39 is 5.79 Å². The SMILES string of the molecule is CCCc1nn(C)c(=O)n1-c1ccc(N2CCN(c3ccc(OCC4COC(Cn5cncn5)(c5ccccn5)O4)cc3)CC2)cc1. The van der Waals surface area contributed by atoms with Gasteiger partial charge in [0.15, 0.2) is 0 Å². The van der Waals surface area contributed by atoms with Crippen LogP contribution in [0.2, 0.25) is 0 Å². The van der Waals surface area contributed by atoms with E-state index in [1.54, 1.807) is 28.8 Å². The molecule has 5 heterocycles. The molecule has 13 nitrogen and oxygen atoms in total. The summed E-state index contributed by atoms with van der Waals surface area (Å²) < 4.78 is 23.6. The van der Waals surface area contributed by atoms with Crippen molar-refractivity contribution in [1.29, 1.82) is 0 Å². The summed E-state index contributed by atoms with van der Waals surface area (Å²) in [7, 11) is 1.70. The predicted octanol–water partition coefficient (Wildman–Crippen LogP) is 3.18. The summed E-state index contributed by atoms with van der Waals surface area (Å²) >= 11 is 0. The third-order valence-corrected chi connectivity index (χ3v) is 8.61. The summed E-state index contributed by atoms with van der Waals surface area (Å²) in [5.74, 6) is 0.506. The molecule has 2 aliphatic rings. The summed E-state index contributed by atoms with van der Waals surface area (Å²) in [5, 5.41) is 8.64. The van der Waals surface area contributed by atoms with Crippen LogP contribution < -0.4 is 20.2 Å². The van der Waals surface area contributed by atoms with E-state index in [-0.39, 0.29) is 11.8 Å². The third-order valence-electron chi connectivity index (χ3n) is 8.61. The lowest BCUT2D eigenvalue weighted by molar-refractivity contribution is -0.193. The van der Waals surface area contributed by atoms with Crippen LogP contribution in [0.15, 0.2) is 90.4 Å². The lowest BCUT2D eigenvalue weighted by atomic mass is 10.1. The van der Waals surface area contributed by atoms with E-state index in [0.29, 0.717) is 25.5 Å². The monoisotopic (exact) mass is 637 g/mol. The number of hydrogen-bond acceptors (Lipinski definition) is 10. The van der Waals surface area contributed by atoms with Crippen LogP contribution in [0.4, 0.5) is 11.4 Å². The zero-order valence-corrected chi connectivity index (χ0v) is 26.7. The first-order valence-electron chi connectivity index (χ1n) is 16.0. The highest BCUT2D eigenvalue weighted by atomic mass is 16.8. The second-order valence-electron chi connectivity index (χ2n) is 11.8. The van der Waals surface area contributed by atoms with E-state index in [9.17, 15) is 4.79 Å². The first-order valence-corrected chi connectivity index (χ1v) is 16.0. The molecular formula is C34H39N9O4. The molecule has 2 atom stereocenters. The molecule has 3 aromatic heterocycles. The van der Waals surface area contributed by atoms with Crippen molar-refractivity contribution in [2.75, 3.05) is 49.2 Å². The molecule has 244 valence electrons. The Hall–Kier alpha value is -5.01. The average Bonchev–Trinajstić information content (AvgIpc) is 3.85. The van der Waals surface area contributed by atoms with E-state index in [1.807, 2.05) is 42.5 Å². The van der Waals surface area contributed by atoms with Crippen LogP contribution in [0, 0.1) is 0 Å². The molecule has 0 saturated carbocycles. The fourth-order valence-electron chi connectivity index (χ4n) is 6.20. The molecule has 7 rings (SSSR count). The maximum absolute atomic E-state index is 12.7. The van der Waals surface area contributed by atoms with Gasteiger partial charge in [-0.05, 0) is 67.1 Å². The van der Waals surface area contributed by atoms with Crippen LogP contribution in [-0.2, 0) is 35.3 Å². The van der Waals surface area contributed by atoms with Crippen molar-refractivity contribution in [1.82, 2.24) is 34.1 Å². The number of aromatic nitrogens is 7. The number of hydrogen-bond donors (Lipinski definition) is 0. The molecule has 2 aliphatic heterocycles. The van der Waals surface area contributed by atoms with Crippen molar-refractivity contribution in [3.63, 3.8) is 0 Å². The normalized spacial score (nSPS) is 19.7. The molecule has 47 heavy (non-hydrogen) atoms. The molecule has 2 aromatic carbocycles. The second-order valence-corrected chi connectivity index (χ2v) is 11.8. The van der Waals surface area contributed by atoms with Crippen molar-refractivity contribution < 1.29 is 14.2 Å². The van der Waals surface area contributed by atoms with Crippen LogP contribution in [0.5, 0.6) is 5.75 Å². The van der Waals surface area contributed by atoms with Crippen molar-refractivity contribution in [2.24, 2.45) is 7.05 Å². The Bertz CT molecular complexity index is 1800. The highest BCUT2D eigenvalue weighted by molar-refractivity contribution is 5.55. The predicted molar refractivity (Wildman–Crippen MR) is 176 cm³/mol. The molecule has 2 fully saturated rings. The topological polar surface area (TPSA) is 118 Å². The molecule has 0 bridgehead atoms. The first-order chi connectivity index (χ1) is 23.0. The molecule has 0 amide bonds. The largest absolute Gasteiger partial charge is 0.491 e. The Kier molecular flexibility index (Phi) is 8.72. The fraction of sp³-hybridized carbons (Fsp3) is 0.382. The summed E-state index contributed by atoms with van der Waals surface area (Å²) in [5.41, 5.74) is 3.73. The maximum atomic E-state index is 12.7. The van der Waals surface area contributed by atoms with Crippen LogP contribution in [0.25, 0.3) is 5.69 Å². The molecular weight excluding hydrogens is 598 g/mol. The van der Waals surface area contributed by atoms with Gasteiger partial charge in [-0.15, -0.1) is 0 Å². The smallest absolute Gasteiger partial charge is 0.350 e. The van der Waals surface area contributed by atoms with E-state index in [4.69, 9.17) is 14.2 Å². The van der Waals surface area contributed by atoms with Gasteiger partial charge >= 0.3 is 5.69 Å². The molecule has 0 radical (unpaired) electrons. The zero-order chi connectivity index (χ0) is 32.2. The molecule has 0 spiro atoms. The number of nitrogens with zero attached hydrogens (tertiary/aromatic N) is 9. The number of anilines is 2. The molecule has 13 heteroatoms. The molecule has 2 saturated heterocycles. The van der Waals surface area contributed by atoms with Gasteiger partial charge in [0.1, 0.15) is 49.2 Å². The van der Waals surface area contributed by atoms with E-state index >= 15 is 0 Å². The number of pyridine rings is 1. The minimum absolute atomic E-state index is 0.117. The molecule has 5 aromatic rings. The lowest BCUT2D eigenvalue weighted by Gasteiger charge is -2.37.